The molecule has 2 fully saturated rings. The number of hydrogen-bond acceptors (Lipinski definition) is 3. The van der Waals surface area contributed by atoms with Gasteiger partial charge in [-0.15, -0.1) is 0 Å². The number of nitrogens with two attached hydrogens (primary N) is 1. The molecule has 2 aliphatic rings. The second kappa shape index (κ2) is 6.36. The van der Waals surface area contributed by atoms with E-state index in [1.54, 1.807) is 0 Å². The van der Waals surface area contributed by atoms with Crippen molar-refractivity contribution in [3.05, 3.63) is 0 Å². The van der Waals surface area contributed by atoms with Gasteiger partial charge >= 0.3 is 0 Å². The predicted molar refractivity (Wildman–Crippen MR) is 66.5 cm³/mol. The van der Waals surface area contributed by atoms with Crippen molar-refractivity contribution in [3.8, 4) is 0 Å². The second-order valence-corrected chi connectivity index (χ2v) is 5.38. The summed E-state index contributed by atoms with van der Waals surface area (Å²) in [5.74, 6) is 0.644. The van der Waals surface area contributed by atoms with E-state index in [0.29, 0.717) is 19.1 Å². The average molecular weight is 240 g/mol. The fraction of sp³-hybridized carbons (Fsp3) is 0.923. The van der Waals surface area contributed by atoms with Gasteiger partial charge in [-0.3, -0.25) is 4.79 Å². The highest BCUT2D eigenvalue weighted by molar-refractivity contribution is 5.79. The second-order valence-electron chi connectivity index (χ2n) is 5.38. The van der Waals surface area contributed by atoms with Crippen LogP contribution in [0.2, 0.25) is 0 Å². The molecule has 98 valence electrons. The minimum Gasteiger partial charge on any atom is -0.381 e. The number of carbonyl (C=O) groups excluding carboxylic acids is 1. The zero-order chi connectivity index (χ0) is 12.1. The summed E-state index contributed by atoms with van der Waals surface area (Å²) >= 11 is 0. The van der Waals surface area contributed by atoms with Crippen molar-refractivity contribution < 1.29 is 9.53 Å². The van der Waals surface area contributed by atoms with Gasteiger partial charge in [0.2, 0.25) is 5.91 Å². The van der Waals surface area contributed by atoms with Crippen LogP contribution in [0.15, 0.2) is 0 Å². The summed E-state index contributed by atoms with van der Waals surface area (Å²) in [7, 11) is 0. The molecule has 1 amide bonds. The summed E-state index contributed by atoms with van der Waals surface area (Å²) in [6.07, 6.45) is 8.36. The maximum absolute atomic E-state index is 11.2. The lowest BCUT2D eigenvalue weighted by atomic mass is 9.83. The third kappa shape index (κ3) is 4.64. The fourth-order valence-corrected chi connectivity index (χ4v) is 2.18. The summed E-state index contributed by atoms with van der Waals surface area (Å²) in [4.78, 5) is 11.2. The van der Waals surface area contributed by atoms with Crippen LogP contribution < -0.4 is 11.1 Å². The van der Waals surface area contributed by atoms with Gasteiger partial charge in [0, 0.05) is 19.3 Å². The third-order valence-corrected chi connectivity index (χ3v) is 3.80. The molecule has 0 heterocycles. The first-order valence-electron chi connectivity index (χ1n) is 6.89. The molecule has 2 rings (SSSR count). The first-order chi connectivity index (χ1) is 8.25. The zero-order valence-electron chi connectivity index (χ0n) is 10.5. The molecule has 2 aliphatic carbocycles. The van der Waals surface area contributed by atoms with Crippen LogP contribution in [0, 0.1) is 5.92 Å². The van der Waals surface area contributed by atoms with Crippen molar-refractivity contribution in [1.29, 1.82) is 0 Å². The minimum atomic E-state index is -0.250. The third-order valence-electron chi connectivity index (χ3n) is 3.80. The molecule has 3 N–H and O–H groups in total. The van der Waals surface area contributed by atoms with Crippen LogP contribution in [0.3, 0.4) is 0 Å². The SMILES string of the molecule is NC(=O)C(CCOCCC1CCC1)NC1CC1. The Balaban J connectivity index is 1.50. The smallest absolute Gasteiger partial charge is 0.234 e. The highest BCUT2D eigenvalue weighted by Crippen LogP contribution is 2.29. The molecular formula is C13H24N2O2. The lowest BCUT2D eigenvalue weighted by Gasteiger charge is -2.25. The number of hydrogen-bond donors (Lipinski definition) is 2. The summed E-state index contributed by atoms with van der Waals surface area (Å²) in [5, 5.41) is 3.26. The van der Waals surface area contributed by atoms with Gasteiger partial charge in [0.25, 0.3) is 0 Å². The lowest BCUT2D eigenvalue weighted by molar-refractivity contribution is -0.120. The van der Waals surface area contributed by atoms with Crippen LogP contribution >= 0.6 is 0 Å². The van der Waals surface area contributed by atoms with Crippen LogP contribution in [0.5, 0.6) is 0 Å². The Hall–Kier alpha value is -0.610. The van der Waals surface area contributed by atoms with E-state index in [0.717, 1.165) is 12.5 Å². The van der Waals surface area contributed by atoms with E-state index >= 15 is 0 Å². The Labute approximate surface area is 103 Å². The molecule has 0 aromatic carbocycles. The van der Waals surface area contributed by atoms with E-state index in [9.17, 15) is 4.79 Å². The molecule has 4 nitrogen and oxygen atoms in total. The summed E-state index contributed by atoms with van der Waals surface area (Å²) < 4.78 is 5.57. The Morgan fingerprint density at radius 3 is 2.59 bits per heavy atom. The van der Waals surface area contributed by atoms with Crippen LogP contribution in [-0.2, 0) is 9.53 Å². The highest BCUT2D eigenvalue weighted by Gasteiger charge is 2.26. The van der Waals surface area contributed by atoms with E-state index in [1.165, 1.54) is 38.5 Å². The lowest BCUT2D eigenvalue weighted by Crippen LogP contribution is -2.43. The van der Waals surface area contributed by atoms with E-state index in [4.69, 9.17) is 10.5 Å². The molecule has 0 radical (unpaired) electrons. The number of nitrogens with one attached hydrogen (secondary N) is 1. The molecule has 1 atom stereocenters. The average Bonchev–Trinajstić information content (AvgIpc) is 3.02. The molecule has 0 spiro atoms. The normalized spacial score (nSPS) is 22.1. The quantitative estimate of drug-likeness (QED) is 0.595. The largest absolute Gasteiger partial charge is 0.381 e. The standard InChI is InChI=1S/C13H24N2O2/c14-13(16)12(15-11-4-5-11)7-9-17-8-6-10-2-1-3-10/h10-12,15H,1-9H2,(H2,14,16). The van der Waals surface area contributed by atoms with E-state index in [2.05, 4.69) is 5.32 Å². The van der Waals surface area contributed by atoms with Crippen LogP contribution in [-0.4, -0.2) is 31.2 Å². The Kier molecular flexibility index (Phi) is 4.80. The summed E-state index contributed by atoms with van der Waals surface area (Å²) in [6.45, 7) is 1.47. The van der Waals surface area contributed by atoms with Crippen molar-refractivity contribution in [2.75, 3.05) is 13.2 Å². The Morgan fingerprint density at radius 1 is 1.29 bits per heavy atom. The van der Waals surface area contributed by atoms with Gasteiger partial charge in [-0.25, -0.2) is 0 Å². The number of ether oxygens (including phenoxy) is 1. The number of rotatable bonds is 9. The molecule has 4 heteroatoms. The number of primary amides is 1. The maximum atomic E-state index is 11.2. The van der Waals surface area contributed by atoms with Gasteiger partial charge in [0.1, 0.15) is 0 Å². The van der Waals surface area contributed by atoms with Crippen LogP contribution in [0.1, 0.15) is 44.9 Å². The molecule has 0 aromatic rings. The maximum Gasteiger partial charge on any atom is 0.234 e. The number of carbonyl (C=O) groups is 1. The first-order valence-corrected chi connectivity index (χ1v) is 6.89. The Morgan fingerprint density at radius 2 is 2.06 bits per heavy atom. The molecule has 0 aliphatic heterocycles. The van der Waals surface area contributed by atoms with E-state index in [-0.39, 0.29) is 11.9 Å². The highest BCUT2D eigenvalue weighted by atomic mass is 16.5. The molecule has 17 heavy (non-hydrogen) atoms. The van der Waals surface area contributed by atoms with Crippen molar-refractivity contribution in [3.63, 3.8) is 0 Å². The van der Waals surface area contributed by atoms with E-state index < -0.39 is 0 Å². The molecule has 0 aromatic heterocycles. The molecule has 0 bridgehead atoms. The van der Waals surface area contributed by atoms with Crippen LogP contribution in [0.4, 0.5) is 0 Å². The molecular weight excluding hydrogens is 216 g/mol. The number of amides is 1. The van der Waals surface area contributed by atoms with Gasteiger partial charge in [0.05, 0.1) is 6.04 Å². The monoisotopic (exact) mass is 240 g/mol. The first kappa shape index (κ1) is 12.8. The molecule has 0 saturated heterocycles. The summed E-state index contributed by atoms with van der Waals surface area (Å²) in [5.41, 5.74) is 5.35. The Bertz CT molecular complexity index is 250. The zero-order valence-corrected chi connectivity index (χ0v) is 10.5. The van der Waals surface area contributed by atoms with Crippen molar-refractivity contribution in [2.45, 2.75) is 57.0 Å². The topological polar surface area (TPSA) is 64.4 Å². The predicted octanol–water partition coefficient (Wildman–Crippen LogP) is 1.19. The van der Waals surface area contributed by atoms with Crippen molar-refractivity contribution in [2.24, 2.45) is 11.7 Å². The molecule has 1 unspecified atom stereocenters. The van der Waals surface area contributed by atoms with Gasteiger partial charge in [0.15, 0.2) is 0 Å². The van der Waals surface area contributed by atoms with Gasteiger partial charge in [-0.05, 0) is 31.6 Å². The van der Waals surface area contributed by atoms with Gasteiger partial charge < -0.3 is 15.8 Å². The minimum absolute atomic E-state index is 0.203. The van der Waals surface area contributed by atoms with Gasteiger partial charge in [-0.2, -0.15) is 0 Å². The van der Waals surface area contributed by atoms with Crippen LogP contribution in [0.25, 0.3) is 0 Å². The van der Waals surface area contributed by atoms with Crippen molar-refractivity contribution in [1.82, 2.24) is 5.32 Å². The fourth-order valence-electron chi connectivity index (χ4n) is 2.18. The molecule has 2 saturated carbocycles. The van der Waals surface area contributed by atoms with Gasteiger partial charge in [-0.1, -0.05) is 19.3 Å². The summed E-state index contributed by atoms with van der Waals surface area (Å²) in [6, 6.07) is 0.314. The van der Waals surface area contributed by atoms with Crippen molar-refractivity contribution >= 4 is 5.91 Å². The van der Waals surface area contributed by atoms with E-state index in [1.807, 2.05) is 0 Å².